The molecule has 1 aromatic carbocycles. The molecule has 1 saturated carbocycles. The minimum absolute atomic E-state index is 0.0704. The predicted octanol–water partition coefficient (Wildman–Crippen LogP) is 3.40. The molecular formula is C18H26N2O. The minimum Gasteiger partial charge on any atom is -0.322 e. The van der Waals surface area contributed by atoms with E-state index in [9.17, 15) is 4.79 Å². The molecule has 0 spiro atoms. The van der Waals surface area contributed by atoms with Crippen LogP contribution in [-0.4, -0.2) is 23.9 Å². The maximum absolute atomic E-state index is 12.2. The maximum Gasteiger partial charge on any atom is 0.238 e. The molecule has 3 rings (SSSR count). The number of carbonyl (C=O) groups is 1. The van der Waals surface area contributed by atoms with E-state index in [-0.39, 0.29) is 12.1 Å². The van der Waals surface area contributed by atoms with Crippen LogP contribution in [0, 0.1) is 12.8 Å². The molecule has 0 radical (unpaired) electrons. The van der Waals surface area contributed by atoms with Crippen LogP contribution in [0.2, 0.25) is 0 Å². The third-order valence-corrected chi connectivity index (χ3v) is 4.94. The second kappa shape index (κ2) is 6.61. The van der Waals surface area contributed by atoms with Gasteiger partial charge in [0.05, 0.1) is 6.54 Å². The molecule has 114 valence electrons. The van der Waals surface area contributed by atoms with Gasteiger partial charge in [0.1, 0.15) is 6.17 Å². The van der Waals surface area contributed by atoms with Crippen LogP contribution >= 0.6 is 0 Å². The van der Waals surface area contributed by atoms with Crippen LogP contribution in [0.3, 0.4) is 0 Å². The van der Waals surface area contributed by atoms with E-state index >= 15 is 0 Å². The molecule has 1 aliphatic carbocycles. The number of nitrogens with one attached hydrogen (secondary N) is 1. The van der Waals surface area contributed by atoms with Crippen LogP contribution in [0.25, 0.3) is 0 Å². The summed E-state index contributed by atoms with van der Waals surface area (Å²) in [7, 11) is 0. The lowest BCUT2D eigenvalue weighted by Gasteiger charge is -2.28. The van der Waals surface area contributed by atoms with E-state index in [1.54, 1.807) is 0 Å². The number of nitrogens with zero attached hydrogens (tertiary/aromatic N) is 1. The maximum atomic E-state index is 12.2. The number of hydrogen-bond acceptors (Lipinski definition) is 2. The summed E-state index contributed by atoms with van der Waals surface area (Å²) >= 11 is 0. The first-order valence-electron chi connectivity index (χ1n) is 8.33. The fraction of sp³-hybridized carbons (Fsp3) is 0.611. The molecule has 2 fully saturated rings. The summed E-state index contributed by atoms with van der Waals surface area (Å²) < 4.78 is 0. The molecule has 3 nitrogen and oxygen atoms in total. The smallest absolute Gasteiger partial charge is 0.238 e. The molecular weight excluding hydrogens is 260 g/mol. The van der Waals surface area contributed by atoms with Crippen molar-refractivity contribution in [3.8, 4) is 0 Å². The molecule has 1 aromatic rings. The van der Waals surface area contributed by atoms with E-state index in [0.717, 1.165) is 18.9 Å². The Morgan fingerprint density at radius 3 is 2.81 bits per heavy atom. The SMILES string of the molecule is Cc1cccc(C2NCC(=O)N2CCC2CCCCC2)c1. The van der Waals surface area contributed by atoms with E-state index in [0.29, 0.717) is 6.54 Å². The summed E-state index contributed by atoms with van der Waals surface area (Å²) in [5, 5.41) is 3.36. The zero-order valence-electron chi connectivity index (χ0n) is 13.0. The van der Waals surface area contributed by atoms with Gasteiger partial charge in [-0.1, -0.05) is 61.9 Å². The van der Waals surface area contributed by atoms with Crippen LogP contribution in [-0.2, 0) is 4.79 Å². The lowest BCUT2D eigenvalue weighted by molar-refractivity contribution is -0.128. The molecule has 21 heavy (non-hydrogen) atoms. The number of benzene rings is 1. The van der Waals surface area contributed by atoms with E-state index in [4.69, 9.17) is 0 Å². The van der Waals surface area contributed by atoms with Crippen LogP contribution < -0.4 is 5.32 Å². The van der Waals surface area contributed by atoms with Gasteiger partial charge in [0, 0.05) is 6.54 Å². The van der Waals surface area contributed by atoms with Crippen molar-refractivity contribution >= 4 is 5.91 Å². The molecule has 1 aliphatic heterocycles. The quantitative estimate of drug-likeness (QED) is 0.920. The van der Waals surface area contributed by atoms with Gasteiger partial charge >= 0.3 is 0 Å². The van der Waals surface area contributed by atoms with Gasteiger partial charge in [-0.05, 0) is 24.8 Å². The van der Waals surface area contributed by atoms with Crippen molar-refractivity contribution in [1.29, 1.82) is 0 Å². The Kier molecular flexibility index (Phi) is 4.59. The predicted molar refractivity (Wildman–Crippen MR) is 84.8 cm³/mol. The van der Waals surface area contributed by atoms with Gasteiger partial charge in [-0.15, -0.1) is 0 Å². The van der Waals surface area contributed by atoms with Crippen LogP contribution in [0.1, 0.15) is 55.8 Å². The Labute approximate surface area is 127 Å². The summed E-state index contributed by atoms with van der Waals surface area (Å²) in [6.07, 6.45) is 8.08. The largest absolute Gasteiger partial charge is 0.322 e. The third-order valence-electron chi connectivity index (χ3n) is 4.94. The van der Waals surface area contributed by atoms with Gasteiger partial charge in [-0.2, -0.15) is 0 Å². The van der Waals surface area contributed by atoms with Crippen LogP contribution in [0.4, 0.5) is 0 Å². The zero-order valence-corrected chi connectivity index (χ0v) is 13.0. The number of rotatable bonds is 4. The highest BCUT2D eigenvalue weighted by atomic mass is 16.2. The normalized spacial score (nSPS) is 23.8. The van der Waals surface area contributed by atoms with Crippen molar-refractivity contribution in [1.82, 2.24) is 10.2 Å². The second-order valence-corrected chi connectivity index (χ2v) is 6.58. The first-order valence-corrected chi connectivity index (χ1v) is 8.33. The van der Waals surface area contributed by atoms with Gasteiger partial charge in [0.15, 0.2) is 0 Å². The minimum atomic E-state index is 0.0704. The molecule has 1 amide bonds. The third kappa shape index (κ3) is 3.46. The highest BCUT2D eigenvalue weighted by molar-refractivity contribution is 5.80. The summed E-state index contributed by atoms with van der Waals surface area (Å²) in [6, 6.07) is 8.49. The average molecular weight is 286 g/mol. The number of hydrogen-bond donors (Lipinski definition) is 1. The highest BCUT2D eigenvalue weighted by Gasteiger charge is 2.31. The molecule has 0 bridgehead atoms. The summed E-state index contributed by atoms with van der Waals surface area (Å²) in [6.45, 7) is 3.48. The summed E-state index contributed by atoms with van der Waals surface area (Å²) in [5.74, 6) is 1.07. The topological polar surface area (TPSA) is 32.3 Å². The van der Waals surface area contributed by atoms with Crippen molar-refractivity contribution in [3.63, 3.8) is 0 Å². The van der Waals surface area contributed by atoms with Crippen molar-refractivity contribution < 1.29 is 4.79 Å². The Morgan fingerprint density at radius 1 is 1.24 bits per heavy atom. The Hall–Kier alpha value is -1.35. The lowest BCUT2D eigenvalue weighted by Crippen LogP contribution is -2.32. The molecule has 1 unspecified atom stereocenters. The van der Waals surface area contributed by atoms with E-state index in [2.05, 4.69) is 36.5 Å². The van der Waals surface area contributed by atoms with E-state index < -0.39 is 0 Å². The highest BCUT2D eigenvalue weighted by Crippen LogP contribution is 2.29. The molecule has 2 aliphatic rings. The van der Waals surface area contributed by atoms with Gasteiger partial charge in [-0.3, -0.25) is 10.1 Å². The molecule has 3 heteroatoms. The first kappa shape index (κ1) is 14.6. The van der Waals surface area contributed by atoms with Crippen molar-refractivity contribution in [3.05, 3.63) is 35.4 Å². The van der Waals surface area contributed by atoms with E-state index in [1.165, 1.54) is 43.2 Å². The van der Waals surface area contributed by atoms with Gasteiger partial charge < -0.3 is 4.90 Å². The van der Waals surface area contributed by atoms with Gasteiger partial charge in [0.2, 0.25) is 5.91 Å². The van der Waals surface area contributed by atoms with Crippen molar-refractivity contribution in [2.75, 3.05) is 13.1 Å². The Morgan fingerprint density at radius 2 is 2.05 bits per heavy atom. The number of carbonyl (C=O) groups excluding carboxylic acids is 1. The lowest BCUT2D eigenvalue weighted by atomic mass is 9.87. The Bertz CT molecular complexity index is 494. The first-order chi connectivity index (χ1) is 10.2. The fourth-order valence-electron chi connectivity index (χ4n) is 3.73. The zero-order chi connectivity index (χ0) is 14.7. The second-order valence-electron chi connectivity index (χ2n) is 6.58. The Balaban J connectivity index is 1.65. The van der Waals surface area contributed by atoms with Crippen LogP contribution in [0.5, 0.6) is 0 Å². The number of amides is 1. The van der Waals surface area contributed by atoms with Gasteiger partial charge in [0.25, 0.3) is 0 Å². The van der Waals surface area contributed by atoms with Gasteiger partial charge in [-0.25, -0.2) is 0 Å². The number of aryl methyl sites for hydroxylation is 1. The standard InChI is InChI=1S/C18H26N2O/c1-14-6-5-9-16(12-14)18-19-13-17(21)20(18)11-10-15-7-3-2-4-8-15/h5-6,9,12,15,18-19H,2-4,7-8,10-11,13H2,1H3. The van der Waals surface area contributed by atoms with E-state index in [1.807, 2.05) is 4.90 Å². The monoisotopic (exact) mass is 286 g/mol. The molecule has 1 saturated heterocycles. The van der Waals surface area contributed by atoms with Crippen molar-refractivity contribution in [2.45, 2.75) is 51.6 Å². The molecule has 0 aromatic heterocycles. The summed E-state index contributed by atoms with van der Waals surface area (Å²) in [5.41, 5.74) is 2.46. The van der Waals surface area contributed by atoms with Crippen LogP contribution in [0.15, 0.2) is 24.3 Å². The average Bonchev–Trinajstić information content (AvgIpc) is 2.87. The molecule has 1 atom stereocenters. The summed E-state index contributed by atoms with van der Waals surface area (Å²) in [4.78, 5) is 14.2. The molecule has 1 N–H and O–H groups in total. The fourth-order valence-corrected chi connectivity index (χ4v) is 3.73. The van der Waals surface area contributed by atoms with Crippen molar-refractivity contribution in [2.24, 2.45) is 5.92 Å². The molecule has 1 heterocycles.